The zero-order chi connectivity index (χ0) is 28.0. The van der Waals surface area contributed by atoms with Gasteiger partial charge < -0.3 is 26.0 Å². The van der Waals surface area contributed by atoms with Crippen LogP contribution in [0.2, 0.25) is 0 Å². The van der Waals surface area contributed by atoms with Crippen LogP contribution in [0.15, 0.2) is 58.4 Å². The van der Waals surface area contributed by atoms with E-state index in [2.05, 4.69) is 22.2 Å². The van der Waals surface area contributed by atoms with Crippen LogP contribution in [0, 0.1) is 0 Å². The SMILES string of the molecule is CCOc1cc(OCCCCCC(F)(F)F)ccc1-c1cc(-c2ccc(C3CC3)cc2)c(/C(N)=N/N)c(=O)[nH]1. The summed E-state index contributed by atoms with van der Waals surface area (Å²) in [4.78, 5) is 16.1. The van der Waals surface area contributed by atoms with E-state index in [-0.39, 0.29) is 24.4 Å². The van der Waals surface area contributed by atoms with Crippen molar-refractivity contribution in [3.05, 3.63) is 70.0 Å². The van der Waals surface area contributed by atoms with Crippen molar-refractivity contribution in [2.45, 2.75) is 57.5 Å². The third-order valence-corrected chi connectivity index (χ3v) is 6.62. The van der Waals surface area contributed by atoms with E-state index in [4.69, 9.17) is 21.1 Å². The summed E-state index contributed by atoms with van der Waals surface area (Å²) in [6.45, 7) is 2.50. The highest BCUT2D eigenvalue weighted by Crippen LogP contribution is 2.41. The normalized spacial score (nSPS) is 13.9. The van der Waals surface area contributed by atoms with Gasteiger partial charge in [0.05, 0.1) is 24.5 Å². The van der Waals surface area contributed by atoms with Gasteiger partial charge in [0.2, 0.25) is 0 Å². The number of ether oxygens (including phenoxy) is 2. The van der Waals surface area contributed by atoms with Crippen LogP contribution in [0.25, 0.3) is 22.4 Å². The molecule has 10 heteroatoms. The van der Waals surface area contributed by atoms with Crippen LogP contribution >= 0.6 is 0 Å². The molecule has 3 aromatic rings. The molecule has 1 saturated carbocycles. The number of amidine groups is 1. The van der Waals surface area contributed by atoms with Crippen molar-refractivity contribution >= 4 is 5.84 Å². The van der Waals surface area contributed by atoms with Gasteiger partial charge in [-0.3, -0.25) is 4.79 Å². The van der Waals surface area contributed by atoms with Crippen LogP contribution < -0.4 is 26.6 Å². The second-order valence-electron chi connectivity index (χ2n) is 9.58. The first-order valence-electron chi connectivity index (χ1n) is 13.1. The number of halogens is 3. The Kier molecular flexibility index (Phi) is 8.83. The number of aromatic amines is 1. The van der Waals surface area contributed by atoms with Gasteiger partial charge in [-0.2, -0.15) is 18.3 Å². The molecule has 0 bridgehead atoms. The van der Waals surface area contributed by atoms with E-state index in [1.54, 1.807) is 18.2 Å². The Hall–Kier alpha value is -3.95. The molecule has 5 N–H and O–H groups in total. The van der Waals surface area contributed by atoms with E-state index in [9.17, 15) is 18.0 Å². The van der Waals surface area contributed by atoms with E-state index in [1.807, 2.05) is 25.1 Å². The number of aromatic nitrogens is 1. The average Bonchev–Trinajstić information content (AvgIpc) is 3.75. The summed E-state index contributed by atoms with van der Waals surface area (Å²) in [5, 5.41) is 3.56. The first-order chi connectivity index (χ1) is 18.7. The van der Waals surface area contributed by atoms with Crippen LogP contribution in [-0.2, 0) is 0 Å². The van der Waals surface area contributed by atoms with E-state index < -0.39 is 18.2 Å². The summed E-state index contributed by atoms with van der Waals surface area (Å²) in [6.07, 6.45) is -1.56. The minimum absolute atomic E-state index is 0.0738. The Morgan fingerprint density at radius 1 is 1.03 bits per heavy atom. The molecule has 0 saturated heterocycles. The lowest BCUT2D eigenvalue weighted by Crippen LogP contribution is -2.27. The molecule has 2 aromatic carbocycles. The van der Waals surface area contributed by atoms with E-state index >= 15 is 0 Å². The van der Waals surface area contributed by atoms with Crippen molar-refractivity contribution in [2.24, 2.45) is 16.7 Å². The fraction of sp³-hybridized carbons (Fsp3) is 0.379. The number of hydrogen-bond donors (Lipinski definition) is 3. The molecule has 1 heterocycles. The number of unbranched alkanes of at least 4 members (excludes halogenated alkanes) is 2. The Morgan fingerprint density at radius 3 is 2.41 bits per heavy atom. The number of H-pyrrole nitrogens is 1. The molecule has 1 aromatic heterocycles. The Bertz CT molecular complexity index is 1360. The second-order valence-corrected chi connectivity index (χ2v) is 9.58. The van der Waals surface area contributed by atoms with Gasteiger partial charge in [0.15, 0.2) is 5.84 Å². The maximum Gasteiger partial charge on any atom is 0.389 e. The highest BCUT2D eigenvalue weighted by atomic mass is 19.4. The highest BCUT2D eigenvalue weighted by Gasteiger charge is 2.26. The van der Waals surface area contributed by atoms with E-state index in [0.717, 1.165) is 5.56 Å². The molecule has 0 amide bonds. The number of nitrogens with zero attached hydrogens (tertiary/aromatic N) is 1. The first kappa shape index (κ1) is 28.1. The number of hydrogen-bond acceptors (Lipinski definition) is 5. The standard InChI is InChI=1S/C29H33F3N4O3/c1-2-38-25-16-21(39-15-5-3-4-14-29(30,31)32)12-13-22(25)24-17-23(26(27(33)36-34)28(37)35-24)20-10-8-19(9-11-20)18-6-7-18/h8-13,16-18H,2-7,14-15,34H2,1H3,(H2,33,36)(H,35,37). The lowest BCUT2D eigenvalue weighted by atomic mass is 9.96. The number of alkyl halides is 3. The maximum atomic E-state index is 13.2. The predicted octanol–water partition coefficient (Wildman–Crippen LogP) is 6.07. The number of nitrogens with one attached hydrogen (secondary N) is 1. The average molecular weight is 543 g/mol. The largest absolute Gasteiger partial charge is 0.493 e. The third kappa shape index (κ3) is 7.34. The third-order valence-electron chi connectivity index (χ3n) is 6.62. The quantitative estimate of drug-likeness (QED) is 0.0845. The van der Waals surface area contributed by atoms with Crippen LogP contribution in [0.4, 0.5) is 13.2 Å². The summed E-state index contributed by atoms with van der Waals surface area (Å²) in [7, 11) is 0. The zero-order valence-corrected chi connectivity index (χ0v) is 21.8. The van der Waals surface area contributed by atoms with Crippen molar-refractivity contribution in [3.8, 4) is 33.9 Å². The van der Waals surface area contributed by atoms with E-state index in [0.29, 0.717) is 53.7 Å². The van der Waals surface area contributed by atoms with Gasteiger partial charge in [0, 0.05) is 23.6 Å². The molecule has 7 nitrogen and oxygen atoms in total. The first-order valence-corrected chi connectivity index (χ1v) is 13.1. The molecule has 0 atom stereocenters. The Labute approximate surface area is 225 Å². The molecule has 208 valence electrons. The maximum absolute atomic E-state index is 13.2. The number of hydrazone groups is 1. The van der Waals surface area contributed by atoms with Crippen molar-refractivity contribution in [1.82, 2.24) is 4.98 Å². The molecule has 0 unspecified atom stereocenters. The van der Waals surface area contributed by atoms with Gasteiger partial charge in [-0.1, -0.05) is 24.3 Å². The van der Waals surface area contributed by atoms with Gasteiger partial charge in [0.1, 0.15) is 11.5 Å². The van der Waals surface area contributed by atoms with Gasteiger partial charge in [0.25, 0.3) is 5.56 Å². The predicted molar refractivity (Wildman–Crippen MR) is 146 cm³/mol. The van der Waals surface area contributed by atoms with E-state index in [1.165, 1.54) is 18.4 Å². The topological polar surface area (TPSA) is 116 Å². The number of pyridine rings is 1. The summed E-state index contributed by atoms with van der Waals surface area (Å²) in [5.41, 5.74) is 9.56. The van der Waals surface area contributed by atoms with Crippen molar-refractivity contribution in [1.29, 1.82) is 0 Å². The van der Waals surface area contributed by atoms with Crippen molar-refractivity contribution in [2.75, 3.05) is 13.2 Å². The minimum atomic E-state index is -4.13. The molecule has 1 aliphatic rings. The summed E-state index contributed by atoms with van der Waals surface area (Å²) >= 11 is 0. The second kappa shape index (κ2) is 12.3. The zero-order valence-electron chi connectivity index (χ0n) is 21.8. The minimum Gasteiger partial charge on any atom is -0.493 e. The van der Waals surface area contributed by atoms with Gasteiger partial charge >= 0.3 is 6.18 Å². The Balaban J connectivity index is 1.61. The van der Waals surface area contributed by atoms with Gasteiger partial charge in [-0.25, -0.2) is 0 Å². The molecule has 1 fully saturated rings. The lowest BCUT2D eigenvalue weighted by molar-refractivity contribution is -0.135. The fourth-order valence-electron chi connectivity index (χ4n) is 4.49. The Morgan fingerprint density at radius 2 is 1.77 bits per heavy atom. The van der Waals surface area contributed by atoms with Gasteiger partial charge in [-0.05, 0) is 74.3 Å². The number of nitrogens with two attached hydrogens (primary N) is 2. The smallest absolute Gasteiger partial charge is 0.389 e. The number of benzene rings is 2. The molecular formula is C29H33F3N4O3. The monoisotopic (exact) mass is 542 g/mol. The van der Waals surface area contributed by atoms with Crippen LogP contribution in [-0.4, -0.2) is 30.2 Å². The van der Waals surface area contributed by atoms with Gasteiger partial charge in [-0.15, -0.1) is 0 Å². The fourth-order valence-corrected chi connectivity index (χ4v) is 4.49. The molecule has 0 spiro atoms. The lowest BCUT2D eigenvalue weighted by Gasteiger charge is -2.16. The van der Waals surface area contributed by atoms with Crippen LogP contribution in [0.3, 0.4) is 0 Å². The van der Waals surface area contributed by atoms with Crippen molar-refractivity contribution < 1.29 is 22.6 Å². The molecule has 39 heavy (non-hydrogen) atoms. The molecule has 0 radical (unpaired) electrons. The molecule has 1 aliphatic carbocycles. The molecule has 0 aliphatic heterocycles. The summed E-state index contributed by atoms with van der Waals surface area (Å²) in [5.74, 6) is 6.97. The highest BCUT2D eigenvalue weighted by molar-refractivity contribution is 6.03. The number of rotatable bonds is 12. The molecule has 4 rings (SSSR count). The summed E-state index contributed by atoms with van der Waals surface area (Å²) in [6, 6.07) is 15.1. The van der Waals surface area contributed by atoms with Crippen LogP contribution in [0.1, 0.15) is 62.5 Å². The van der Waals surface area contributed by atoms with Crippen molar-refractivity contribution in [3.63, 3.8) is 0 Å². The molecular weight excluding hydrogens is 509 g/mol. The van der Waals surface area contributed by atoms with Crippen LogP contribution in [0.5, 0.6) is 11.5 Å². The summed E-state index contributed by atoms with van der Waals surface area (Å²) < 4.78 is 48.5.